The number of piperazine rings is 1. The summed E-state index contributed by atoms with van der Waals surface area (Å²) in [6, 6.07) is -0.286. The highest BCUT2D eigenvalue weighted by atomic mass is 32.1. The standard InChI is InChI=1S/C15H22N6OS/c1-11(2)13(21-10-16-9-17-21)14(22)19-4-6-20(7-5-19)15-18-12(3)8-23-15/h8-11,13H,4-7H2,1-3H3/t13-/m0/s1. The summed E-state index contributed by atoms with van der Waals surface area (Å²) in [7, 11) is 0. The fourth-order valence-corrected chi connectivity index (χ4v) is 3.71. The maximum absolute atomic E-state index is 12.9. The molecule has 0 unspecified atom stereocenters. The van der Waals surface area contributed by atoms with Gasteiger partial charge in [-0.25, -0.2) is 14.6 Å². The minimum atomic E-state index is -0.286. The van der Waals surface area contributed by atoms with Crippen LogP contribution in [0.15, 0.2) is 18.0 Å². The molecule has 8 heteroatoms. The molecule has 2 aromatic rings. The molecular weight excluding hydrogens is 312 g/mol. The molecule has 7 nitrogen and oxygen atoms in total. The molecule has 1 fully saturated rings. The number of aromatic nitrogens is 4. The molecule has 3 heterocycles. The van der Waals surface area contributed by atoms with Crippen LogP contribution in [0, 0.1) is 12.8 Å². The van der Waals surface area contributed by atoms with E-state index >= 15 is 0 Å². The second-order valence-corrected chi connectivity index (χ2v) is 6.98. The quantitative estimate of drug-likeness (QED) is 0.849. The maximum Gasteiger partial charge on any atom is 0.247 e. The highest BCUT2D eigenvalue weighted by Crippen LogP contribution is 2.24. The highest BCUT2D eigenvalue weighted by Gasteiger charge is 2.31. The van der Waals surface area contributed by atoms with E-state index in [2.05, 4.69) is 25.3 Å². The van der Waals surface area contributed by atoms with Crippen molar-refractivity contribution in [2.75, 3.05) is 31.1 Å². The van der Waals surface area contributed by atoms with Gasteiger partial charge in [0.05, 0.1) is 5.69 Å². The van der Waals surface area contributed by atoms with Crippen LogP contribution in [-0.4, -0.2) is 56.7 Å². The average molecular weight is 334 g/mol. The summed E-state index contributed by atoms with van der Waals surface area (Å²) >= 11 is 1.66. The molecule has 124 valence electrons. The molecule has 1 amide bonds. The van der Waals surface area contributed by atoms with Gasteiger partial charge in [-0.1, -0.05) is 13.8 Å². The van der Waals surface area contributed by atoms with Crippen LogP contribution in [0.5, 0.6) is 0 Å². The van der Waals surface area contributed by atoms with Crippen LogP contribution in [0.1, 0.15) is 25.6 Å². The van der Waals surface area contributed by atoms with E-state index in [0.29, 0.717) is 0 Å². The molecule has 1 aliphatic heterocycles. The molecule has 1 atom stereocenters. The van der Waals surface area contributed by atoms with Crippen LogP contribution in [0.3, 0.4) is 0 Å². The largest absolute Gasteiger partial charge is 0.345 e. The number of anilines is 1. The molecule has 0 bridgehead atoms. The van der Waals surface area contributed by atoms with E-state index in [1.54, 1.807) is 22.3 Å². The van der Waals surface area contributed by atoms with Crippen molar-refractivity contribution < 1.29 is 4.79 Å². The van der Waals surface area contributed by atoms with Crippen molar-refractivity contribution in [1.82, 2.24) is 24.6 Å². The normalized spacial score (nSPS) is 16.9. The van der Waals surface area contributed by atoms with Crippen LogP contribution in [0.25, 0.3) is 0 Å². The summed E-state index contributed by atoms with van der Waals surface area (Å²) in [5.41, 5.74) is 1.05. The number of hydrogen-bond donors (Lipinski definition) is 0. The Bertz CT molecular complexity index is 645. The highest BCUT2D eigenvalue weighted by molar-refractivity contribution is 7.13. The van der Waals surface area contributed by atoms with Crippen LogP contribution >= 0.6 is 11.3 Å². The van der Waals surface area contributed by atoms with Gasteiger partial charge in [0.1, 0.15) is 18.7 Å². The lowest BCUT2D eigenvalue weighted by Gasteiger charge is -2.37. The smallest absolute Gasteiger partial charge is 0.247 e. The molecule has 2 aromatic heterocycles. The van der Waals surface area contributed by atoms with E-state index in [1.807, 2.05) is 25.7 Å². The molecule has 3 rings (SSSR count). The molecule has 0 radical (unpaired) electrons. The molecule has 1 aliphatic rings. The Kier molecular flexibility index (Phi) is 4.61. The number of carbonyl (C=O) groups is 1. The number of nitrogens with zero attached hydrogens (tertiary/aromatic N) is 6. The van der Waals surface area contributed by atoms with E-state index in [9.17, 15) is 4.79 Å². The Labute approximate surface area is 140 Å². The van der Waals surface area contributed by atoms with Crippen molar-refractivity contribution in [2.24, 2.45) is 5.92 Å². The Balaban J connectivity index is 1.65. The van der Waals surface area contributed by atoms with Gasteiger partial charge < -0.3 is 9.80 Å². The second-order valence-electron chi connectivity index (χ2n) is 6.15. The lowest BCUT2D eigenvalue weighted by molar-refractivity contribution is -0.136. The first kappa shape index (κ1) is 15.9. The van der Waals surface area contributed by atoms with Crippen molar-refractivity contribution in [2.45, 2.75) is 26.8 Å². The number of aryl methyl sites for hydroxylation is 1. The van der Waals surface area contributed by atoms with E-state index in [0.717, 1.165) is 37.0 Å². The third-order valence-electron chi connectivity index (χ3n) is 4.07. The predicted octanol–water partition coefficient (Wildman–Crippen LogP) is 1.59. The summed E-state index contributed by atoms with van der Waals surface area (Å²) in [5.74, 6) is 0.296. The third kappa shape index (κ3) is 3.36. The Morgan fingerprint density at radius 3 is 2.52 bits per heavy atom. The Morgan fingerprint density at radius 2 is 2.00 bits per heavy atom. The van der Waals surface area contributed by atoms with Gasteiger partial charge in [-0.2, -0.15) is 5.10 Å². The summed E-state index contributed by atoms with van der Waals surface area (Å²) in [6.45, 7) is 9.16. The number of thiazole rings is 1. The zero-order valence-electron chi connectivity index (χ0n) is 13.7. The summed E-state index contributed by atoms with van der Waals surface area (Å²) in [5, 5.41) is 7.27. The van der Waals surface area contributed by atoms with Crippen molar-refractivity contribution in [3.8, 4) is 0 Å². The van der Waals surface area contributed by atoms with Gasteiger partial charge in [-0.05, 0) is 12.8 Å². The number of rotatable bonds is 4. The van der Waals surface area contributed by atoms with Gasteiger partial charge in [0.2, 0.25) is 5.91 Å². The number of carbonyl (C=O) groups excluding carboxylic acids is 1. The molecule has 0 aliphatic carbocycles. The summed E-state index contributed by atoms with van der Waals surface area (Å²) in [6.07, 6.45) is 3.10. The van der Waals surface area contributed by atoms with Gasteiger partial charge in [-0.3, -0.25) is 4.79 Å². The van der Waals surface area contributed by atoms with E-state index in [-0.39, 0.29) is 17.9 Å². The summed E-state index contributed by atoms with van der Waals surface area (Å²) < 4.78 is 1.67. The SMILES string of the molecule is Cc1csc(N2CCN(C(=O)[C@H](C(C)C)n3cncn3)CC2)n1. The van der Waals surface area contributed by atoms with Crippen LogP contribution < -0.4 is 4.90 Å². The second kappa shape index (κ2) is 6.66. The molecule has 1 saturated heterocycles. The first-order valence-corrected chi connectivity index (χ1v) is 8.74. The average Bonchev–Trinajstić information content (AvgIpc) is 3.19. The molecule has 0 spiro atoms. The van der Waals surface area contributed by atoms with Gasteiger partial charge >= 0.3 is 0 Å². The van der Waals surface area contributed by atoms with E-state index in [4.69, 9.17) is 0 Å². The Hall–Kier alpha value is -1.96. The molecule has 0 saturated carbocycles. The van der Waals surface area contributed by atoms with Crippen molar-refractivity contribution >= 4 is 22.4 Å². The number of hydrogen-bond acceptors (Lipinski definition) is 6. The Morgan fingerprint density at radius 1 is 1.26 bits per heavy atom. The minimum absolute atomic E-state index is 0.125. The molecule has 0 N–H and O–H groups in total. The van der Waals surface area contributed by atoms with Crippen LogP contribution in [0.2, 0.25) is 0 Å². The van der Waals surface area contributed by atoms with Crippen LogP contribution in [-0.2, 0) is 4.79 Å². The van der Waals surface area contributed by atoms with E-state index in [1.165, 1.54) is 6.33 Å². The molecule has 23 heavy (non-hydrogen) atoms. The predicted molar refractivity (Wildman–Crippen MR) is 89.5 cm³/mol. The van der Waals surface area contributed by atoms with Crippen molar-refractivity contribution in [1.29, 1.82) is 0 Å². The van der Waals surface area contributed by atoms with Gasteiger partial charge in [0.15, 0.2) is 5.13 Å². The first-order chi connectivity index (χ1) is 11.1. The van der Waals surface area contributed by atoms with Crippen molar-refractivity contribution in [3.63, 3.8) is 0 Å². The van der Waals surface area contributed by atoms with Gasteiger partial charge in [0, 0.05) is 31.6 Å². The van der Waals surface area contributed by atoms with E-state index < -0.39 is 0 Å². The van der Waals surface area contributed by atoms with Crippen molar-refractivity contribution in [3.05, 3.63) is 23.7 Å². The third-order valence-corrected chi connectivity index (χ3v) is 5.09. The zero-order valence-corrected chi connectivity index (χ0v) is 14.5. The molecular formula is C15H22N6OS. The zero-order chi connectivity index (χ0) is 16.4. The fraction of sp³-hybridized carbons (Fsp3) is 0.600. The first-order valence-electron chi connectivity index (χ1n) is 7.86. The van der Waals surface area contributed by atoms with Crippen LogP contribution in [0.4, 0.5) is 5.13 Å². The fourth-order valence-electron chi connectivity index (χ4n) is 2.86. The monoisotopic (exact) mass is 334 g/mol. The lowest BCUT2D eigenvalue weighted by Crippen LogP contribution is -2.51. The number of amides is 1. The van der Waals surface area contributed by atoms with Gasteiger partial charge in [-0.15, -0.1) is 11.3 Å². The summed E-state index contributed by atoms with van der Waals surface area (Å²) in [4.78, 5) is 25.6. The minimum Gasteiger partial charge on any atom is -0.345 e. The van der Waals surface area contributed by atoms with Gasteiger partial charge in [0.25, 0.3) is 0 Å². The molecule has 0 aromatic carbocycles. The maximum atomic E-state index is 12.9. The topological polar surface area (TPSA) is 67.2 Å². The lowest BCUT2D eigenvalue weighted by atomic mass is 10.0.